The molecule has 4 nitrogen and oxygen atoms in total. The van der Waals surface area contributed by atoms with Crippen LogP contribution in [0.5, 0.6) is 0 Å². The summed E-state index contributed by atoms with van der Waals surface area (Å²) in [5.41, 5.74) is 0. The Hall–Kier alpha value is -1.23. The van der Waals surface area contributed by atoms with Gasteiger partial charge in [0.1, 0.15) is 0 Å². The summed E-state index contributed by atoms with van der Waals surface area (Å²) in [6.07, 6.45) is 2.24. The van der Waals surface area contributed by atoms with E-state index < -0.39 is 5.82 Å². The molecule has 0 aliphatic carbocycles. The highest BCUT2D eigenvalue weighted by Gasteiger charge is 2.02. The van der Waals surface area contributed by atoms with Crippen LogP contribution in [-0.4, -0.2) is 29.7 Å². The molecule has 1 aromatic heterocycles. The van der Waals surface area contributed by atoms with Crippen LogP contribution < -0.4 is 5.32 Å². The molecular weight excluding hydrogens is 173 g/mol. The first-order valence-electron chi connectivity index (χ1n) is 3.95. The fourth-order valence-corrected chi connectivity index (χ4v) is 0.899. The molecule has 5 heteroatoms. The standard InChI is InChI=1S/C8H12FN3O/c1-6(5-13-2)12-8-10-3-7(9)4-11-8/h3-4,6H,5H2,1-2H3,(H,10,11,12). The molecule has 0 bridgehead atoms. The van der Waals surface area contributed by atoms with E-state index in [1.807, 2.05) is 6.92 Å². The first-order chi connectivity index (χ1) is 6.22. The smallest absolute Gasteiger partial charge is 0.223 e. The molecule has 1 atom stereocenters. The summed E-state index contributed by atoms with van der Waals surface area (Å²) < 4.78 is 17.3. The van der Waals surface area contributed by atoms with Gasteiger partial charge in [0.05, 0.1) is 19.0 Å². The van der Waals surface area contributed by atoms with Gasteiger partial charge in [0.25, 0.3) is 0 Å². The minimum absolute atomic E-state index is 0.107. The Labute approximate surface area is 76.2 Å². The number of nitrogens with zero attached hydrogens (tertiary/aromatic N) is 2. The van der Waals surface area contributed by atoms with Gasteiger partial charge in [-0.2, -0.15) is 0 Å². The maximum absolute atomic E-state index is 12.4. The van der Waals surface area contributed by atoms with Crippen LogP contribution in [0.15, 0.2) is 12.4 Å². The summed E-state index contributed by atoms with van der Waals surface area (Å²) in [6.45, 7) is 2.48. The van der Waals surface area contributed by atoms with E-state index in [0.717, 1.165) is 12.4 Å². The van der Waals surface area contributed by atoms with E-state index in [1.54, 1.807) is 7.11 Å². The monoisotopic (exact) mass is 185 g/mol. The second-order valence-corrected chi connectivity index (χ2v) is 2.73. The van der Waals surface area contributed by atoms with E-state index in [9.17, 15) is 4.39 Å². The van der Waals surface area contributed by atoms with E-state index in [-0.39, 0.29) is 6.04 Å². The molecule has 0 spiro atoms. The molecule has 0 saturated carbocycles. The molecule has 0 aliphatic heterocycles. The Morgan fingerprint density at radius 1 is 1.54 bits per heavy atom. The van der Waals surface area contributed by atoms with Crippen LogP contribution in [0.25, 0.3) is 0 Å². The number of rotatable bonds is 4. The third-order valence-corrected chi connectivity index (χ3v) is 1.41. The Morgan fingerprint density at radius 3 is 2.69 bits per heavy atom. The minimum atomic E-state index is -0.440. The Morgan fingerprint density at radius 2 is 2.15 bits per heavy atom. The summed E-state index contributed by atoms with van der Waals surface area (Å²) in [5, 5.41) is 2.96. The summed E-state index contributed by atoms with van der Waals surface area (Å²) in [6, 6.07) is 0.107. The third-order valence-electron chi connectivity index (χ3n) is 1.41. The van der Waals surface area contributed by atoms with Gasteiger partial charge in [0, 0.05) is 13.2 Å². The van der Waals surface area contributed by atoms with Crippen LogP contribution >= 0.6 is 0 Å². The normalized spacial score (nSPS) is 12.5. The largest absolute Gasteiger partial charge is 0.383 e. The molecule has 1 heterocycles. The summed E-state index contributed by atoms with van der Waals surface area (Å²) >= 11 is 0. The lowest BCUT2D eigenvalue weighted by atomic mass is 10.4. The van der Waals surface area contributed by atoms with E-state index >= 15 is 0 Å². The molecule has 1 N–H and O–H groups in total. The van der Waals surface area contributed by atoms with Gasteiger partial charge in [-0.25, -0.2) is 14.4 Å². The number of methoxy groups -OCH3 is 1. The highest BCUT2D eigenvalue weighted by Crippen LogP contribution is 2.00. The summed E-state index contributed by atoms with van der Waals surface area (Å²) in [7, 11) is 1.61. The van der Waals surface area contributed by atoms with Crippen molar-refractivity contribution in [1.82, 2.24) is 9.97 Å². The molecular formula is C8H12FN3O. The molecule has 72 valence electrons. The number of ether oxygens (including phenoxy) is 1. The van der Waals surface area contributed by atoms with Gasteiger partial charge in [-0.05, 0) is 6.92 Å². The predicted molar refractivity (Wildman–Crippen MR) is 47.0 cm³/mol. The van der Waals surface area contributed by atoms with Crippen molar-refractivity contribution in [3.8, 4) is 0 Å². The van der Waals surface area contributed by atoms with Gasteiger partial charge in [-0.3, -0.25) is 0 Å². The lowest BCUT2D eigenvalue weighted by molar-refractivity contribution is 0.190. The maximum atomic E-state index is 12.4. The van der Waals surface area contributed by atoms with Crippen LogP contribution in [0.1, 0.15) is 6.92 Å². The topological polar surface area (TPSA) is 47.0 Å². The van der Waals surface area contributed by atoms with Crippen molar-refractivity contribution in [3.63, 3.8) is 0 Å². The SMILES string of the molecule is COCC(C)Nc1ncc(F)cn1. The first-order valence-corrected chi connectivity index (χ1v) is 3.95. The van der Waals surface area contributed by atoms with Crippen molar-refractivity contribution < 1.29 is 9.13 Å². The van der Waals surface area contributed by atoms with Crippen molar-refractivity contribution in [3.05, 3.63) is 18.2 Å². The molecule has 1 aromatic rings. The van der Waals surface area contributed by atoms with Crippen molar-refractivity contribution in [2.75, 3.05) is 19.0 Å². The van der Waals surface area contributed by atoms with Crippen LogP contribution in [0, 0.1) is 5.82 Å². The molecule has 0 fully saturated rings. The van der Waals surface area contributed by atoms with Crippen LogP contribution in [-0.2, 0) is 4.74 Å². The average Bonchev–Trinajstić information content (AvgIpc) is 2.09. The van der Waals surface area contributed by atoms with Gasteiger partial charge in [0.15, 0.2) is 5.82 Å². The van der Waals surface area contributed by atoms with E-state index in [4.69, 9.17) is 4.74 Å². The Balaban J connectivity index is 2.49. The Kier molecular flexibility index (Phi) is 3.57. The zero-order chi connectivity index (χ0) is 9.68. The summed E-state index contributed by atoms with van der Waals surface area (Å²) in [4.78, 5) is 7.50. The molecule has 13 heavy (non-hydrogen) atoms. The fraction of sp³-hybridized carbons (Fsp3) is 0.500. The van der Waals surface area contributed by atoms with Crippen LogP contribution in [0.3, 0.4) is 0 Å². The number of aromatic nitrogens is 2. The lowest BCUT2D eigenvalue weighted by Gasteiger charge is -2.11. The molecule has 0 aliphatic rings. The first kappa shape index (κ1) is 9.85. The van der Waals surface area contributed by atoms with Crippen LogP contribution in [0.2, 0.25) is 0 Å². The van der Waals surface area contributed by atoms with Gasteiger partial charge in [-0.1, -0.05) is 0 Å². The van der Waals surface area contributed by atoms with E-state index in [1.165, 1.54) is 0 Å². The van der Waals surface area contributed by atoms with Gasteiger partial charge >= 0.3 is 0 Å². The van der Waals surface area contributed by atoms with Crippen molar-refractivity contribution >= 4 is 5.95 Å². The van der Waals surface area contributed by atoms with Gasteiger partial charge in [-0.15, -0.1) is 0 Å². The number of hydrogen-bond donors (Lipinski definition) is 1. The fourth-order valence-electron chi connectivity index (χ4n) is 0.899. The second kappa shape index (κ2) is 4.71. The van der Waals surface area contributed by atoms with Crippen molar-refractivity contribution in [1.29, 1.82) is 0 Å². The predicted octanol–water partition coefficient (Wildman–Crippen LogP) is 1.06. The van der Waals surface area contributed by atoms with Gasteiger partial charge in [0.2, 0.25) is 5.95 Å². The minimum Gasteiger partial charge on any atom is -0.383 e. The van der Waals surface area contributed by atoms with Gasteiger partial charge < -0.3 is 10.1 Å². The molecule has 0 saturated heterocycles. The quantitative estimate of drug-likeness (QED) is 0.762. The van der Waals surface area contributed by atoms with Crippen molar-refractivity contribution in [2.24, 2.45) is 0 Å². The molecule has 1 unspecified atom stereocenters. The third kappa shape index (κ3) is 3.33. The molecule has 0 aromatic carbocycles. The molecule has 0 radical (unpaired) electrons. The number of nitrogens with one attached hydrogen (secondary N) is 1. The highest BCUT2D eigenvalue weighted by molar-refractivity contribution is 5.23. The zero-order valence-electron chi connectivity index (χ0n) is 7.62. The second-order valence-electron chi connectivity index (χ2n) is 2.73. The average molecular weight is 185 g/mol. The zero-order valence-corrected chi connectivity index (χ0v) is 7.62. The Bertz CT molecular complexity index is 252. The van der Waals surface area contributed by atoms with E-state index in [0.29, 0.717) is 12.6 Å². The molecule has 0 amide bonds. The summed E-state index contributed by atoms with van der Waals surface area (Å²) in [5.74, 6) is -0.0316. The van der Waals surface area contributed by atoms with Crippen LogP contribution in [0.4, 0.5) is 10.3 Å². The number of halogens is 1. The lowest BCUT2D eigenvalue weighted by Crippen LogP contribution is -2.22. The van der Waals surface area contributed by atoms with E-state index in [2.05, 4.69) is 15.3 Å². The van der Waals surface area contributed by atoms with Crippen molar-refractivity contribution in [2.45, 2.75) is 13.0 Å². The number of anilines is 1. The maximum Gasteiger partial charge on any atom is 0.223 e. The highest BCUT2D eigenvalue weighted by atomic mass is 19.1. The molecule has 1 rings (SSSR count). The number of hydrogen-bond acceptors (Lipinski definition) is 4.